The fourth-order valence-corrected chi connectivity index (χ4v) is 2.63. The number of aromatic nitrogens is 1. The average Bonchev–Trinajstić information content (AvgIpc) is 2.93. The number of hydrogen-bond donors (Lipinski definition) is 1. The summed E-state index contributed by atoms with van der Waals surface area (Å²) in [6, 6.07) is 0. The van der Waals surface area contributed by atoms with Gasteiger partial charge in [-0.2, -0.15) is 13.2 Å². The zero-order valence-electron chi connectivity index (χ0n) is 9.27. The molecule has 1 saturated carbocycles. The molecule has 2 aliphatic carbocycles. The molecule has 0 aliphatic heterocycles. The fraction of sp³-hybridized carbons (Fsp3) is 0.583. The average molecular weight is 242 g/mol. The molecule has 2 aliphatic rings. The minimum atomic E-state index is -4.39. The molecule has 1 aromatic heterocycles. The van der Waals surface area contributed by atoms with Gasteiger partial charge in [0.1, 0.15) is 5.69 Å². The summed E-state index contributed by atoms with van der Waals surface area (Å²) in [6.45, 7) is 0. The second-order valence-electron chi connectivity index (χ2n) is 4.84. The van der Waals surface area contributed by atoms with E-state index in [9.17, 15) is 13.2 Å². The molecule has 0 radical (unpaired) electrons. The molecule has 0 bridgehead atoms. The van der Waals surface area contributed by atoms with Gasteiger partial charge in [0.2, 0.25) is 0 Å². The first-order valence-electron chi connectivity index (χ1n) is 5.87. The Labute approximate surface area is 97.0 Å². The number of anilines is 1. The van der Waals surface area contributed by atoms with Crippen LogP contribution in [0.3, 0.4) is 0 Å². The van der Waals surface area contributed by atoms with Crippen LogP contribution in [0.5, 0.6) is 0 Å². The number of hydrogen-bond acceptors (Lipinski definition) is 2. The molecule has 92 valence electrons. The lowest BCUT2D eigenvalue weighted by molar-refractivity contribution is -0.141. The predicted molar refractivity (Wildman–Crippen MR) is 57.7 cm³/mol. The number of fused-ring (bicyclic) bond motifs is 1. The van der Waals surface area contributed by atoms with Gasteiger partial charge in [-0.3, -0.25) is 0 Å². The molecule has 1 fully saturated rings. The smallest absolute Gasteiger partial charge is 0.398 e. The molecule has 2 nitrogen and oxygen atoms in total. The third-order valence-electron chi connectivity index (χ3n) is 3.56. The Hall–Kier alpha value is -1.26. The van der Waals surface area contributed by atoms with Gasteiger partial charge < -0.3 is 5.73 Å². The Morgan fingerprint density at radius 1 is 1.18 bits per heavy atom. The second kappa shape index (κ2) is 3.37. The third-order valence-corrected chi connectivity index (χ3v) is 3.56. The zero-order valence-corrected chi connectivity index (χ0v) is 9.27. The molecule has 0 spiro atoms. The van der Waals surface area contributed by atoms with Crippen molar-refractivity contribution in [1.29, 1.82) is 0 Å². The van der Waals surface area contributed by atoms with Crippen LogP contribution in [0.15, 0.2) is 0 Å². The van der Waals surface area contributed by atoms with E-state index in [1.54, 1.807) is 0 Å². The fourth-order valence-electron chi connectivity index (χ4n) is 2.63. The van der Waals surface area contributed by atoms with Crippen LogP contribution in [0, 0.1) is 0 Å². The summed E-state index contributed by atoms with van der Waals surface area (Å²) in [5.74, 6) is -0.0231. The molecule has 0 unspecified atom stereocenters. The van der Waals surface area contributed by atoms with Crippen LogP contribution in [0.2, 0.25) is 0 Å². The summed E-state index contributed by atoms with van der Waals surface area (Å²) < 4.78 is 38.9. The highest BCUT2D eigenvalue weighted by molar-refractivity contribution is 5.61. The normalized spacial score (nSPS) is 19.5. The molecule has 3 rings (SSSR count). The van der Waals surface area contributed by atoms with Crippen molar-refractivity contribution in [3.05, 3.63) is 22.5 Å². The van der Waals surface area contributed by atoms with Gasteiger partial charge in [0, 0.05) is 16.9 Å². The highest BCUT2D eigenvalue weighted by Gasteiger charge is 2.42. The second-order valence-corrected chi connectivity index (χ2v) is 4.84. The van der Waals surface area contributed by atoms with Crippen molar-refractivity contribution in [2.45, 2.75) is 44.2 Å². The van der Waals surface area contributed by atoms with Gasteiger partial charge in [0.05, 0.1) is 0 Å². The first-order valence-corrected chi connectivity index (χ1v) is 5.87. The van der Waals surface area contributed by atoms with Crippen LogP contribution in [-0.4, -0.2) is 4.98 Å². The van der Waals surface area contributed by atoms with Crippen LogP contribution < -0.4 is 5.73 Å². The molecule has 0 atom stereocenters. The van der Waals surface area contributed by atoms with Gasteiger partial charge in [0.25, 0.3) is 0 Å². The van der Waals surface area contributed by atoms with Crippen molar-refractivity contribution in [3.63, 3.8) is 0 Å². The van der Waals surface area contributed by atoms with Crippen LogP contribution in [-0.2, 0) is 19.0 Å². The maximum atomic E-state index is 13.0. The summed E-state index contributed by atoms with van der Waals surface area (Å²) >= 11 is 0. The zero-order chi connectivity index (χ0) is 12.2. The summed E-state index contributed by atoms with van der Waals surface area (Å²) in [5.41, 5.74) is 7.24. The van der Waals surface area contributed by atoms with E-state index in [1.165, 1.54) is 0 Å². The molecule has 5 heteroatoms. The summed E-state index contributed by atoms with van der Waals surface area (Å²) in [4.78, 5) is 3.84. The summed E-state index contributed by atoms with van der Waals surface area (Å²) in [6.07, 6.45) is -0.539. The topological polar surface area (TPSA) is 38.9 Å². The largest absolute Gasteiger partial charge is 0.433 e. The van der Waals surface area contributed by atoms with Gasteiger partial charge in [-0.25, -0.2) is 4.98 Å². The van der Waals surface area contributed by atoms with E-state index in [-0.39, 0.29) is 11.5 Å². The maximum absolute atomic E-state index is 13.0. The Bertz CT molecular complexity index is 476. The molecule has 17 heavy (non-hydrogen) atoms. The lowest BCUT2D eigenvalue weighted by atomic mass is 10.0. The van der Waals surface area contributed by atoms with Gasteiger partial charge in [0.15, 0.2) is 0 Å². The number of halogens is 3. The van der Waals surface area contributed by atoms with Crippen molar-refractivity contribution in [2.75, 3.05) is 5.73 Å². The quantitative estimate of drug-likeness (QED) is 0.822. The van der Waals surface area contributed by atoms with Crippen molar-refractivity contribution >= 4 is 5.69 Å². The number of nitrogens with zero attached hydrogens (tertiary/aromatic N) is 1. The molecular weight excluding hydrogens is 229 g/mol. The Balaban J connectivity index is 2.23. The first-order chi connectivity index (χ1) is 7.98. The summed E-state index contributed by atoms with van der Waals surface area (Å²) in [7, 11) is 0. The Kier molecular flexibility index (Phi) is 2.15. The third kappa shape index (κ3) is 1.68. The molecule has 0 saturated heterocycles. The number of alkyl halides is 3. The number of aryl methyl sites for hydroxylation is 1. The molecule has 1 aromatic rings. The molecular formula is C12H13F3N2. The Morgan fingerprint density at radius 3 is 2.47 bits per heavy atom. The van der Waals surface area contributed by atoms with E-state index >= 15 is 0 Å². The van der Waals surface area contributed by atoms with Crippen molar-refractivity contribution < 1.29 is 13.2 Å². The van der Waals surface area contributed by atoms with E-state index < -0.39 is 11.9 Å². The van der Waals surface area contributed by atoms with E-state index in [1.807, 2.05) is 0 Å². The molecule has 1 heterocycles. The highest BCUT2D eigenvalue weighted by atomic mass is 19.4. The van der Waals surface area contributed by atoms with E-state index in [0.29, 0.717) is 17.8 Å². The van der Waals surface area contributed by atoms with Gasteiger partial charge in [-0.15, -0.1) is 0 Å². The molecule has 0 aromatic carbocycles. The standard InChI is InChI=1S/C12H13F3N2/c13-12(14,15)11-9(6-4-5-6)10(16)7-2-1-3-8(7)17-11/h6H,1-5H2,(H2,16,17). The van der Waals surface area contributed by atoms with E-state index in [0.717, 1.165) is 31.2 Å². The van der Waals surface area contributed by atoms with Gasteiger partial charge in [-0.1, -0.05) is 0 Å². The first kappa shape index (κ1) is 10.9. The minimum absolute atomic E-state index is 0.0231. The Morgan fingerprint density at radius 2 is 1.88 bits per heavy atom. The van der Waals surface area contributed by atoms with Crippen LogP contribution in [0.25, 0.3) is 0 Å². The predicted octanol–water partition coefficient (Wildman–Crippen LogP) is 3.05. The summed E-state index contributed by atoms with van der Waals surface area (Å²) in [5, 5.41) is 0. The highest BCUT2D eigenvalue weighted by Crippen LogP contribution is 2.49. The lowest BCUT2D eigenvalue weighted by Crippen LogP contribution is -2.16. The van der Waals surface area contributed by atoms with Crippen LogP contribution in [0.1, 0.15) is 47.7 Å². The van der Waals surface area contributed by atoms with Crippen molar-refractivity contribution in [1.82, 2.24) is 4.98 Å². The maximum Gasteiger partial charge on any atom is 0.433 e. The minimum Gasteiger partial charge on any atom is -0.398 e. The van der Waals surface area contributed by atoms with Crippen molar-refractivity contribution in [2.24, 2.45) is 0 Å². The van der Waals surface area contributed by atoms with Crippen molar-refractivity contribution in [3.8, 4) is 0 Å². The van der Waals surface area contributed by atoms with Crippen LogP contribution >= 0.6 is 0 Å². The SMILES string of the molecule is Nc1c2c(nc(C(F)(F)F)c1C1CC1)CCC2. The van der Waals surface area contributed by atoms with Crippen LogP contribution in [0.4, 0.5) is 18.9 Å². The number of nitrogens with two attached hydrogens (primary N) is 1. The lowest BCUT2D eigenvalue weighted by Gasteiger charge is -2.17. The molecule has 0 amide bonds. The van der Waals surface area contributed by atoms with Gasteiger partial charge in [-0.05, 0) is 43.6 Å². The monoisotopic (exact) mass is 242 g/mol. The van der Waals surface area contributed by atoms with Gasteiger partial charge >= 0.3 is 6.18 Å². The molecule has 2 N–H and O–H groups in total. The van der Waals surface area contributed by atoms with E-state index in [4.69, 9.17) is 5.73 Å². The number of nitrogen functional groups attached to an aromatic ring is 1. The van der Waals surface area contributed by atoms with E-state index in [2.05, 4.69) is 4.98 Å². The number of rotatable bonds is 1. The number of pyridine rings is 1.